The molecule has 1 aliphatic rings. The number of ether oxygens (including phenoxy) is 2. The molecule has 1 amide bonds. The minimum absolute atomic E-state index is 0.0193. The second-order valence-corrected chi connectivity index (χ2v) is 5.49. The van der Waals surface area contributed by atoms with Crippen molar-refractivity contribution in [3.63, 3.8) is 0 Å². The first kappa shape index (κ1) is 16.4. The molecule has 1 atom stereocenters. The molecule has 1 aliphatic heterocycles. The van der Waals surface area contributed by atoms with Crippen LogP contribution in [0.2, 0.25) is 0 Å². The molecule has 0 unspecified atom stereocenters. The molecule has 0 radical (unpaired) electrons. The first-order valence-electron chi connectivity index (χ1n) is 7.64. The molecule has 2 N–H and O–H groups in total. The maximum absolute atomic E-state index is 13.5. The van der Waals surface area contributed by atoms with Crippen LogP contribution in [0.25, 0.3) is 0 Å². The van der Waals surface area contributed by atoms with Crippen molar-refractivity contribution >= 4 is 5.91 Å². The molecular weight excluding hydrogens is 320 g/mol. The lowest BCUT2D eigenvalue weighted by atomic mass is 10.2. The van der Waals surface area contributed by atoms with Crippen LogP contribution in [0.3, 0.4) is 0 Å². The van der Waals surface area contributed by atoms with E-state index in [1.54, 1.807) is 0 Å². The molecule has 8 heteroatoms. The van der Waals surface area contributed by atoms with E-state index in [0.717, 1.165) is 31.6 Å². The SMILES string of the molecule is O=C(NC[C@@H]1CCCO1)c1cc(COc2ccc(F)cc2F)[nH]n1. The van der Waals surface area contributed by atoms with Gasteiger partial charge in [-0.1, -0.05) is 0 Å². The average Bonchev–Trinajstić information content (AvgIpc) is 3.23. The fourth-order valence-electron chi connectivity index (χ4n) is 2.40. The number of hydrogen-bond donors (Lipinski definition) is 2. The Balaban J connectivity index is 1.51. The second-order valence-electron chi connectivity index (χ2n) is 5.49. The summed E-state index contributed by atoms with van der Waals surface area (Å²) >= 11 is 0. The largest absolute Gasteiger partial charge is 0.484 e. The fraction of sp³-hybridized carbons (Fsp3) is 0.375. The molecule has 2 aromatic rings. The zero-order valence-corrected chi connectivity index (χ0v) is 12.9. The number of carbonyl (C=O) groups excluding carboxylic acids is 1. The lowest BCUT2D eigenvalue weighted by Gasteiger charge is -2.09. The summed E-state index contributed by atoms with van der Waals surface area (Å²) in [5, 5.41) is 9.31. The molecular formula is C16H17F2N3O3. The van der Waals surface area contributed by atoms with E-state index in [2.05, 4.69) is 15.5 Å². The highest BCUT2D eigenvalue weighted by atomic mass is 19.1. The van der Waals surface area contributed by atoms with Gasteiger partial charge in [0.25, 0.3) is 5.91 Å². The van der Waals surface area contributed by atoms with E-state index in [-0.39, 0.29) is 30.1 Å². The number of amides is 1. The Hall–Kier alpha value is -2.48. The molecule has 6 nitrogen and oxygen atoms in total. The summed E-state index contributed by atoms with van der Waals surface area (Å²) in [5.41, 5.74) is 0.715. The highest BCUT2D eigenvalue weighted by Crippen LogP contribution is 2.18. The summed E-state index contributed by atoms with van der Waals surface area (Å²) in [6.45, 7) is 1.15. The highest BCUT2D eigenvalue weighted by molar-refractivity contribution is 5.92. The Labute approximate surface area is 137 Å². The molecule has 1 fully saturated rings. The van der Waals surface area contributed by atoms with Crippen LogP contribution in [-0.2, 0) is 11.3 Å². The first-order chi connectivity index (χ1) is 11.6. The molecule has 3 rings (SSSR count). The van der Waals surface area contributed by atoms with Crippen LogP contribution >= 0.6 is 0 Å². The predicted molar refractivity (Wildman–Crippen MR) is 80.6 cm³/mol. The van der Waals surface area contributed by atoms with Gasteiger partial charge in [0.2, 0.25) is 0 Å². The second kappa shape index (κ2) is 7.39. The number of nitrogens with one attached hydrogen (secondary N) is 2. The van der Waals surface area contributed by atoms with Crippen LogP contribution in [-0.4, -0.2) is 35.4 Å². The Morgan fingerprint density at radius 2 is 2.29 bits per heavy atom. The number of halogens is 2. The zero-order chi connectivity index (χ0) is 16.9. The van der Waals surface area contributed by atoms with E-state index < -0.39 is 11.6 Å². The van der Waals surface area contributed by atoms with Crippen molar-refractivity contribution in [1.29, 1.82) is 0 Å². The lowest BCUT2D eigenvalue weighted by Crippen LogP contribution is -2.31. The van der Waals surface area contributed by atoms with Gasteiger partial charge in [-0.3, -0.25) is 9.89 Å². The fourth-order valence-corrected chi connectivity index (χ4v) is 2.40. The lowest BCUT2D eigenvalue weighted by molar-refractivity contribution is 0.0853. The maximum atomic E-state index is 13.5. The molecule has 1 aromatic carbocycles. The first-order valence-corrected chi connectivity index (χ1v) is 7.64. The van der Waals surface area contributed by atoms with Gasteiger partial charge in [-0.2, -0.15) is 5.10 Å². The third-order valence-corrected chi connectivity index (χ3v) is 3.65. The summed E-state index contributed by atoms with van der Waals surface area (Å²) in [4.78, 5) is 12.0. The molecule has 24 heavy (non-hydrogen) atoms. The molecule has 0 bridgehead atoms. The molecule has 0 saturated carbocycles. The quantitative estimate of drug-likeness (QED) is 0.847. The van der Waals surface area contributed by atoms with Gasteiger partial charge in [-0.25, -0.2) is 8.78 Å². The van der Waals surface area contributed by atoms with Gasteiger partial charge in [0, 0.05) is 19.2 Å². The van der Waals surface area contributed by atoms with Crippen LogP contribution in [0.15, 0.2) is 24.3 Å². The van der Waals surface area contributed by atoms with Gasteiger partial charge in [0.05, 0.1) is 11.8 Å². The van der Waals surface area contributed by atoms with E-state index >= 15 is 0 Å². The van der Waals surface area contributed by atoms with E-state index in [9.17, 15) is 13.6 Å². The van der Waals surface area contributed by atoms with E-state index in [4.69, 9.17) is 9.47 Å². The topological polar surface area (TPSA) is 76.2 Å². The van der Waals surface area contributed by atoms with Crippen molar-refractivity contribution < 1.29 is 23.0 Å². The van der Waals surface area contributed by atoms with Crippen LogP contribution in [0.5, 0.6) is 5.75 Å². The third-order valence-electron chi connectivity index (χ3n) is 3.65. The minimum Gasteiger partial charge on any atom is -0.484 e. The predicted octanol–water partition coefficient (Wildman–Crippen LogP) is 2.18. The standard InChI is InChI=1S/C16H17F2N3O3/c17-10-3-4-15(13(18)6-10)24-9-11-7-14(21-20-11)16(22)19-8-12-2-1-5-23-12/h3-4,6-7,12H,1-2,5,8-9H2,(H,19,22)(H,20,21)/t12-/m0/s1. The normalized spacial score (nSPS) is 17.0. The number of aromatic amines is 1. The number of benzene rings is 1. The molecule has 1 aromatic heterocycles. The van der Waals surface area contributed by atoms with Gasteiger partial charge in [-0.15, -0.1) is 0 Å². The monoisotopic (exact) mass is 337 g/mol. The summed E-state index contributed by atoms with van der Waals surface area (Å²) < 4.78 is 37.0. The van der Waals surface area contributed by atoms with Crippen LogP contribution in [0.1, 0.15) is 29.0 Å². The number of nitrogens with zero attached hydrogens (tertiary/aromatic N) is 1. The summed E-state index contributed by atoms with van der Waals surface area (Å²) in [6, 6.07) is 4.57. The Bertz CT molecular complexity index is 714. The average molecular weight is 337 g/mol. The third kappa shape index (κ3) is 4.08. The van der Waals surface area contributed by atoms with Crippen molar-refractivity contribution in [2.24, 2.45) is 0 Å². The minimum atomic E-state index is -0.788. The number of aromatic nitrogens is 2. The van der Waals surface area contributed by atoms with Gasteiger partial charge in [0.15, 0.2) is 11.6 Å². The van der Waals surface area contributed by atoms with Gasteiger partial charge in [0.1, 0.15) is 18.1 Å². The summed E-state index contributed by atoms with van der Waals surface area (Å²) in [7, 11) is 0. The van der Waals surface area contributed by atoms with Gasteiger partial charge < -0.3 is 14.8 Å². The highest BCUT2D eigenvalue weighted by Gasteiger charge is 2.18. The van der Waals surface area contributed by atoms with Crippen molar-refractivity contribution in [1.82, 2.24) is 15.5 Å². The van der Waals surface area contributed by atoms with Crippen molar-refractivity contribution in [2.75, 3.05) is 13.2 Å². The molecule has 0 spiro atoms. The summed E-state index contributed by atoms with van der Waals surface area (Å²) in [5.74, 6) is -1.85. The van der Waals surface area contributed by atoms with Crippen LogP contribution in [0.4, 0.5) is 8.78 Å². The number of hydrogen-bond acceptors (Lipinski definition) is 4. The molecule has 128 valence electrons. The Morgan fingerprint density at radius 1 is 1.42 bits per heavy atom. The van der Waals surface area contributed by atoms with E-state index in [0.29, 0.717) is 12.2 Å². The smallest absolute Gasteiger partial charge is 0.271 e. The van der Waals surface area contributed by atoms with Crippen LogP contribution < -0.4 is 10.1 Å². The van der Waals surface area contributed by atoms with E-state index in [1.165, 1.54) is 12.1 Å². The number of H-pyrrole nitrogens is 1. The number of rotatable bonds is 6. The summed E-state index contributed by atoms with van der Waals surface area (Å²) in [6.07, 6.45) is 1.99. The molecule has 0 aliphatic carbocycles. The Kier molecular flexibility index (Phi) is 5.05. The Morgan fingerprint density at radius 3 is 3.04 bits per heavy atom. The van der Waals surface area contributed by atoms with Gasteiger partial charge in [-0.05, 0) is 31.0 Å². The molecule has 1 saturated heterocycles. The maximum Gasteiger partial charge on any atom is 0.271 e. The van der Waals surface area contributed by atoms with Crippen molar-refractivity contribution in [3.8, 4) is 5.75 Å². The van der Waals surface area contributed by atoms with E-state index in [1.807, 2.05) is 0 Å². The number of carbonyl (C=O) groups is 1. The van der Waals surface area contributed by atoms with Crippen LogP contribution in [0, 0.1) is 11.6 Å². The van der Waals surface area contributed by atoms with Crippen molar-refractivity contribution in [2.45, 2.75) is 25.6 Å². The van der Waals surface area contributed by atoms with Crippen molar-refractivity contribution in [3.05, 3.63) is 47.3 Å². The zero-order valence-electron chi connectivity index (χ0n) is 12.9. The molecule has 2 heterocycles. The van der Waals surface area contributed by atoms with Gasteiger partial charge >= 0.3 is 0 Å².